The third kappa shape index (κ3) is 7.48. The SMILES string of the molecule is CCCCOC(=O)CN(CC#N)CC#N. The zero-order valence-electron chi connectivity index (χ0n) is 8.90. The summed E-state index contributed by atoms with van der Waals surface area (Å²) >= 11 is 0. The van der Waals surface area contributed by atoms with Crippen molar-refractivity contribution >= 4 is 5.97 Å². The first-order valence-electron chi connectivity index (χ1n) is 4.86. The minimum absolute atomic E-state index is 0.00480. The molecule has 0 amide bonds. The number of carbonyl (C=O) groups excluding carboxylic acids is 1. The summed E-state index contributed by atoms with van der Waals surface area (Å²) in [6.45, 7) is 2.55. The van der Waals surface area contributed by atoms with Gasteiger partial charge in [-0.3, -0.25) is 9.69 Å². The standard InChI is InChI=1S/C10H15N3O2/c1-2-3-8-15-10(14)9-13(6-4-11)7-5-12/h2-3,6-9H2,1H3. The summed E-state index contributed by atoms with van der Waals surface area (Å²) in [6.07, 6.45) is 1.80. The van der Waals surface area contributed by atoms with Gasteiger partial charge >= 0.3 is 5.97 Å². The van der Waals surface area contributed by atoms with E-state index in [-0.39, 0.29) is 25.6 Å². The second-order valence-electron chi connectivity index (χ2n) is 3.04. The fourth-order valence-electron chi connectivity index (χ4n) is 0.926. The van der Waals surface area contributed by atoms with Crippen LogP contribution in [0.25, 0.3) is 0 Å². The molecule has 0 saturated heterocycles. The molecular weight excluding hydrogens is 194 g/mol. The highest BCUT2D eigenvalue weighted by molar-refractivity contribution is 5.71. The molecule has 0 fully saturated rings. The molecule has 0 aliphatic rings. The maximum Gasteiger partial charge on any atom is 0.320 e. The second-order valence-corrected chi connectivity index (χ2v) is 3.04. The zero-order valence-corrected chi connectivity index (χ0v) is 8.90. The van der Waals surface area contributed by atoms with Gasteiger partial charge in [-0.25, -0.2) is 0 Å². The van der Waals surface area contributed by atoms with E-state index in [1.807, 2.05) is 19.1 Å². The Morgan fingerprint density at radius 2 is 1.93 bits per heavy atom. The van der Waals surface area contributed by atoms with Crippen molar-refractivity contribution in [3.8, 4) is 12.1 Å². The minimum Gasteiger partial charge on any atom is -0.465 e. The molecule has 5 nitrogen and oxygen atoms in total. The summed E-state index contributed by atoms with van der Waals surface area (Å²) in [4.78, 5) is 12.6. The number of unbranched alkanes of at least 4 members (excludes halogenated alkanes) is 1. The van der Waals surface area contributed by atoms with E-state index < -0.39 is 0 Å². The lowest BCUT2D eigenvalue weighted by molar-refractivity contribution is -0.144. The summed E-state index contributed by atoms with van der Waals surface area (Å²) in [7, 11) is 0. The van der Waals surface area contributed by atoms with E-state index in [0.717, 1.165) is 12.8 Å². The predicted octanol–water partition coefficient (Wildman–Crippen LogP) is 0.679. The van der Waals surface area contributed by atoms with E-state index in [9.17, 15) is 4.79 Å². The summed E-state index contributed by atoms with van der Waals surface area (Å²) in [5.74, 6) is -0.381. The lowest BCUT2D eigenvalue weighted by Crippen LogP contribution is -2.31. The fourth-order valence-corrected chi connectivity index (χ4v) is 0.926. The summed E-state index contributed by atoms with van der Waals surface area (Å²) in [6, 6.07) is 3.78. The Morgan fingerprint density at radius 1 is 1.33 bits per heavy atom. The molecule has 0 unspecified atom stereocenters. The second kappa shape index (κ2) is 8.98. The van der Waals surface area contributed by atoms with Crippen molar-refractivity contribution < 1.29 is 9.53 Å². The van der Waals surface area contributed by atoms with Gasteiger partial charge in [-0.1, -0.05) is 13.3 Å². The van der Waals surface area contributed by atoms with Crippen molar-refractivity contribution in [2.24, 2.45) is 0 Å². The Hall–Kier alpha value is -1.59. The van der Waals surface area contributed by atoms with Gasteiger partial charge in [-0.2, -0.15) is 10.5 Å². The topological polar surface area (TPSA) is 77.1 Å². The van der Waals surface area contributed by atoms with Gasteiger partial charge in [-0.15, -0.1) is 0 Å². The van der Waals surface area contributed by atoms with Crippen LogP contribution >= 0.6 is 0 Å². The van der Waals surface area contributed by atoms with Gasteiger partial charge in [0.1, 0.15) is 0 Å². The van der Waals surface area contributed by atoms with E-state index in [0.29, 0.717) is 6.61 Å². The van der Waals surface area contributed by atoms with E-state index in [4.69, 9.17) is 15.3 Å². The van der Waals surface area contributed by atoms with E-state index >= 15 is 0 Å². The van der Waals surface area contributed by atoms with Crippen LogP contribution in [0.1, 0.15) is 19.8 Å². The smallest absolute Gasteiger partial charge is 0.320 e. The van der Waals surface area contributed by atoms with E-state index in [2.05, 4.69) is 0 Å². The fraction of sp³-hybridized carbons (Fsp3) is 0.700. The monoisotopic (exact) mass is 209 g/mol. The van der Waals surface area contributed by atoms with Crippen molar-refractivity contribution in [1.29, 1.82) is 10.5 Å². The number of hydrogen-bond acceptors (Lipinski definition) is 5. The maximum atomic E-state index is 11.2. The quantitative estimate of drug-likeness (QED) is 0.350. The molecule has 5 heteroatoms. The van der Waals surface area contributed by atoms with Gasteiger partial charge in [0.2, 0.25) is 0 Å². The Kier molecular flexibility index (Phi) is 8.03. The summed E-state index contributed by atoms with van der Waals surface area (Å²) in [5, 5.41) is 16.9. The molecule has 0 aromatic heterocycles. The van der Waals surface area contributed by atoms with Gasteiger partial charge in [-0.05, 0) is 6.42 Å². The normalized spacial score (nSPS) is 9.33. The molecule has 0 rings (SSSR count). The van der Waals surface area contributed by atoms with Gasteiger partial charge in [0.05, 0.1) is 38.4 Å². The lowest BCUT2D eigenvalue weighted by atomic mass is 10.4. The molecule has 0 radical (unpaired) electrons. The lowest BCUT2D eigenvalue weighted by Gasteiger charge is -2.13. The number of ether oxygens (including phenoxy) is 1. The number of esters is 1. The van der Waals surface area contributed by atoms with Gasteiger partial charge in [0.15, 0.2) is 0 Å². The van der Waals surface area contributed by atoms with Crippen LogP contribution in [0.4, 0.5) is 0 Å². The Morgan fingerprint density at radius 3 is 2.40 bits per heavy atom. The molecular formula is C10H15N3O2. The number of nitriles is 2. The molecule has 0 saturated carbocycles. The van der Waals surface area contributed by atoms with Crippen molar-refractivity contribution in [3.63, 3.8) is 0 Å². The first-order chi connectivity index (χ1) is 7.24. The Bertz CT molecular complexity index is 249. The van der Waals surface area contributed by atoms with Crippen molar-refractivity contribution in [2.75, 3.05) is 26.2 Å². The Balaban J connectivity index is 3.80. The molecule has 0 atom stereocenters. The van der Waals surface area contributed by atoms with Gasteiger partial charge < -0.3 is 4.74 Å². The first-order valence-corrected chi connectivity index (χ1v) is 4.86. The number of carbonyl (C=O) groups is 1. The average Bonchev–Trinajstić information content (AvgIpc) is 2.19. The number of nitrogens with zero attached hydrogens (tertiary/aromatic N) is 3. The van der Waals surface area contributed by atoms with E-state index in [1.165, 1.54) is 4.90 Å². The van der Waals surface area contributed by atoms with Crippen molar-refractivity contribution in [2.45, 2.75) is 19.8 Å². The molecule has 0 heterocycles. The van der Waals surface area contributed by atoms with Crippen LogP contribution in [0.3, 0.4) is 0 Å². The largest absolute Gasteiger partial charge is 0.465 e. The van der Waals surface area contributed by atoms with Crippen molar-refractivity contribution in [3.05, 3.63) is 0 Å². The zero-order chi connectivity index (χ0) is 11.5. The van der Waals surface area contributed by atoms with Crippen LogP contribution in [0.15, 0.2) is 0 Å². The van der Waals surface area contributed by atoms with Gasteiger partial charge in [0.25, 0.3) is 0 Å². The highest BCUT2D eigenvalue weighted by Gasteiger charge is 2.10. The van der Waals surface area contributed by atoms with Gasteiger partial charge in [0, 0.05) is 0 Å². The maximum absolute atomic E-state index is 11.2. The molecule has 0 N–H and O–H groups in total. The number of hydrogen-bond donors (Lipinski definition) is 0. The third-order valence-corrected chi connectivity index (χ3v) is 1.70. The summed E-state index contributed by atoms with van der Waals surface area (Å²) < 4.78 is 4.91. The van der Waals surface area contributed by atoms with Crippen LogP contribution < -0.4 is 0 Å². The van der Waals surface area contributed by atoms with Crippen LogP contribution in [-0.2, 0) is 9.53 Å². The average molecular weight is 209 g/mol. The molecule has 0 bridgehead atoms. The van der Waals surface area contributed by atoms with Crippen LogP contribution in [-0.4, -0.2) is 37.1 Å². The molecule has 0 aromatic carbocycles. The molecule has 82 valence electrons. The minimum atomic E-state index is -0.381. The van der Waals surface area contributed by atoms with E-state index in [1.54, 1.807) is 0 Å². The Labute approximate surface area is 89.8 Å². The molecule has 0 aliphatic carbocycles. The highest BCUT2D eigenvalue weighted by Crippen LogP contribution is 1.92. The molecule has 0 aliphatic heterocycles. The molecule has 15 heavy (non-hydrogen) atoms. The molecule has 0 spiro atoms. The van der Waals surface area contributed by atoms with Crippen molar-refractivity contribution in [1.82, 2.24) is 4.90 Å². The predicted molar refractivity (Wildman–Crippen MR) is 53.5 cm³/mol. The van der Waals surface area contributed by atoms with Crippen LogP contribution in [0.2, 0.25) is 0 Å². The first kappa shape index (κ1) is 13.4. The highest BCUT2D eigenvalue weighted by atomic mass is 16.5. The van der Waals surface area contributed by atoms with Crippen LogP contribution in [0, 0.1) is 22.7 Å². The summed E-state index contributed by atoms with van der Waals surface area (Å²) in [5.41, 5.74) is 0. The third-order valence-electron chi connectivity index (χ3n) is 1.70. The molecule has 0 aromatic rings. The number of rotatable bonds is 7. The van der Waals surface area contributed by atoms with Crippen LogP contribution in [0.5, 0.6) is 0 Å².